The Bertz CT molecular complexity index is 1160. The Labute approximate surface area is 152 Å². The first-order valence-electron chi connectivity index (χ1n) is 8.21. The molecule has 0 saturated heterocycles. The number of hydrogen-bond acceptors (Lipinski definition) is 4. The van der Waals surface area contributed by atoms with Crippen LogP contribution in [-0.4, -0.2) is 37.4 Å². The van der Waals surface area contributed by atoms with Crippen LogP contribution in [0.3, 0.4) is 0 Å². The number of hydrogen-bond donors (Lipinski definition) is 0. The second-order valence-electron chi connectivity index (χ2n) is 6.25. The van der Waals surface area contributed by atoms with Crippen LogP contribution in [0.4, 0.5) is 13.2 Å². The maximum atomic E-state index is 13.0. The minimum atomic E-state index is -4.33. The number of rotatable bonds is 3. The molecule has 0 unspecified atom stereocenters. The predicted molar refractivity (Wildman–Crippen MR) is 93.8 cm³/mol. The summed E-state index contributed by atoms with van der Waals surface area (Å²) in [5, 5.41) is 4.32. The van der Waals surface area contributed by atoms with Crippen molar-refractivity contribution in [1.29, 1.82) is 0 Å². The third kappa shape index (κ3) is 2.98. The highest BCUT2D eigenvalue weighted by molar-refractivity contribution is 5.89. The van der Waals surface area contributed by atoms with E-state index in [0.717, 1.165) is 11.1 Å². The molecule has 3 aromatic heterocycles. The second-order valence-corrected chi connectivity index (χ2v) is 6.25. The molecule has 4 aromatic rings. The summed E-state index contributed by atoms with van der Waals surface area (Å²) in [4.78, 5) is 8.53. The molecular formula is C18H16F3N5O. The zero-order chi connectivity index (χ0) is 19.3. The lowest BCUT2D eigenvalue weighted by Gasteiger charge is -2.11. The molecule has 0 aliphatic heterocycles. The van der Waals surface area contributed by atoms with Crippen LogP contribution in [0.5, 0.6) is 5.88 Å². The van der Waals surface area contributed by atoms with Gasteiger partial charge in [-0.3, -0.25) is 0 Å². The molecule has 3 heterocycles. The molecule has 0 saturated carbocycles. The highest BCUT2D eigenvalue weighted by Crippen LogP contribution is 2.33. The molecule has 6 nitrogen and oxygen atoms in total. The van der Waals surface area contributed by atoms with Crippen molar-refractivity contribution in [2.45, 2.75) is 26.6 Å². The third-order valence-corrected chi connectivity index (χ3v) is 4.37. The van der Waals surface area contributed by atoms with E-state index >= 15 is 0 Å². The average Bonchev–Trinajstić information content (AvgIpc) is 3.14. The lowest BCUT2D eigenvalue weighted by atomic mass is 10.1. The van der Waals surface area contributed by atoms with Crippen molar-refractivity contribution >= 4 is 16.6 Å². The molecule has 0 N–H and O–H groups in total. The van der Waals surface area contributed by atoms with Gasteiger partial charge >= 0.3 is 6.18 Å². The van der Waals surface area contributed by atoms with Crippen LogP contribution in [0.1, 0.15) is 11.6 Å². The van der Waals surface area contributed by atoms with Crippen LogP contribution in [0.25, 0.3) is 27.7 Å². The third-order valence-electron chi connectivity index (χ3n) is 4.37. The number of ether oxygens (including phenoxy) is 1. The predicted octanol–water partition coefficient (Wildman–Crippen LogP) is 3.93. The SMILES string of the molecule is COc1nc(C)nn2ccc(-c3ccc4nc(C)n(CC(F)(F)F)c4c3)c12. The molecule has 0 radical (unpaired) electrons. The molecule has 1 aromatic carbocycles. The van der Waals surface area contributed by atoms with Gasteiger partial charge in [-0.15, -0.1) is 0 Å². The lowest BCUT2D eigenvalue weighted by molar-refractivity contribution is -0.140. The molecule has 0 aliphatic carbocycles. The van der Waals surface area contributed by atoms with Crippen LogP contribution in [0.2, 0.25) is 0 Å². The van der Waals surface area contributed by atoms with Crippen LogP contribution in [-0.2, 0) is 6.54 Å². The fourth-order valence-electron chi connectivity index (χ4n) is 3.26. The Hall–Kier alpha value is -3.10. The Balaban J connectivity index is 1.93. The first kappa shape index (κ1) is 17.3. The average molecular weight is 375 g/mol. The van der Waals surface area contributed by atoms with Gasteiger partial charge in [-0.25, -0.2) is 9.50 Å². The molecule has 0 aliphatic rings. The molecule has 0 atom stereocenters. The van der Waals surface area contributed by atoms with E-state index < -0.39 is 12.7 Å². The summed E-state index contributed by atoms with van der Waals surface area (Å²) < 4.78 is 47.1. The highest BCUT2D eigenvalue weighted by Gasteiger charge is 2.29. The van der Waals surface area contributed by atoms with E-state index in [1.54, 1.807) is 36.7 Å². The number of imidazole rings is 1. The van der Waals surface area contributed by atoms with E-state index in [9.17, 15) is 13.2 Å². The Morgan fingerprint density at radius 3 is 2.59 bits per heavy atom. The molecule has 0 spiro atoms. The molecule has 140 valence electrons. The van der Waals surface area contributed by atoms with Gasteiger partial charge in [0.05, 0.1) is 18.1 Å². The van der Waals surface area contributed by atoms with Gasteiger partial charge in [0.25, 0.3) is 0 Å². The number of halogens is 3. The van der Waals surface area contributed by atoms with Crippen molar-refractivity contribution < 1.29 is 17.9 Å². The minimum Gasteiger partial charge on any atom is -0.479 e. The van der Waals surface area contributed by atoms with Gasteiger partial charge in [0, 0.05) is 11.8 Å². The van der Waals surface area contributed by atoms with Gasteiger partial charge in [-0.2, -0.15) is 23.3 Å². The Morgan fingerprint density at radius 2 is 1.89 bits per heavy atom. The molecule has 0 fully saturated rings. The number of benzene rings is 1. The number of nitrogens with zero attached hydrogens (tertiary/aromatic N) is 5. The minimum absolute atomic E-state index is 0.317. The smallest absolute Gasteiger partial charge is 0.406 e. The van der Waals surface area contributed by atoms with Gasteiger partial charge in [-0.1, -0.05) is 6.07 Å². The quantitative estimate of drug-likeness (QED) is 0.544. The standard InChI is InChI=1S/C18H16F3N5O/c1-10-22-17(27-3)16-13(6-7-26(16)24-10)12-4-5-14-15(8-12)25(11(2)23-14)9-18(19,20)21/h4-8H,9H2,1-3H3. The number of aromatic nitrogens is 5. The summed E-state index contributed by atoms with van der Waals surface area (Å²) >= 11 is 0. The second kappa shape index (κ2) is 5.97. The summed E-state index contributed by atoms with van der Waals surface area (Å²) in [6.45, 7) is 2.24. The summed E-state index contributed by atoms with van der Waals surface area (Å²) in [7, 11) is 1.52. The first-order valence-corrected chi connectivity index (χ1v) is 8.21. The monoisotopic (exact) mass is 375 g/mol. The van der Waals surface area contributed by atoms with E-state index in [0.29, 0.717) is 34.1 Å². The van der Waals surface area contributed by atoms with Crippen LogP contribution in [0, 0.1) is 13.8 Å². The fraction of sp³-hybridized carbons (Fsp3) is 0.278. The Morgan fingerprint density at radius 1 is 1.11 bits per heavy atom. The van der Waals surface area contributed by atoms with Crippen molar-refractivity contribution in [2.75, 3.05) is 7.11 Å². The lowest BCUT2D eigenvalue weighted by Crippen LogP contribution is -2.18. The van der Waals surface area contributed by atoms with Gasteiger partial charge in [-0.05, 0) is 37.6 Å². The molecule has 0 bridgehead atoms. The summed E-state index contributed by atoms with van der Waals surface area (Å²) in [6, 6.07) is 7.08. The van der Waals surface area contributed by atoms with Gasteiger partial charge < -0.3 is 9.30 Å². The largest absolute Gasteiger partial charge is 0.479 e. The van der Waals surface area contributed by atoms with Gasteiger partial charge in [0.15, 0.2) is 0 Å². The van der Waals surface area contributed by atoms with Crippen LogP contribution in [0.15, 0.2) is 30.5 Å². The molecular weight excluding hydrogens is 359 g/mol. The van der Waals surface area contributed by atoms with E-state index in [4.69, 9.17) is 4.74 Å². The molecule has 0 amide bonds. The first-order chi connectivity index (χ1) is 12.8. The number of methoxy groups -OCH3 is 1. The molecule has 4 rings (SSSR count). The van der Waals surface area contributed by atoms with E-state index in [2.05, 4.69) is 15.1 Å². The van der Waals surface area contributed by atoms with Crippen molar-refractivity contribution in [3.63, 3.8) is 0 Å². The zero-order valence-corrected chi connectivity index (χ0v) is 14.9. The number of alkyl halides is 3. The summed E-state index contributed by atoms with van der Waals surface area (Å²) in [5.74, 6) is 1.27. The van der Waals surface area contributed by atoms with Crippen molar-refractivity contribution in [1.82, 2.24) is 24.1 Å². The topological polar surface area (TPSA) is 57.2 Å². The highest BCUT2D eigenvalue weighted by atomic mass is 19.4. The summed E-state index contributed by atoms with van der Waals surface area (Å²) in [6.07, 6.45) is -2.56. The van der Waals surface area contributed by atoms with E-state index in [-0.39, 0.29) is 0 Å². The normalized spacial score (nSPS) is 12.2. The van der Waals surface area contributed by atoms with E-state index in [1.165, 1.54) is 11.7 Å². The maximum absolute atomic E-state index is 13.0. The number of fused-ring (bicyclic) bond motifs is 2. The molecule has 27 heavy (non-hydrogen) atoms. The van der Waals surface area contributed by atoms with Crippen LogP contribution < -0.4 is 4.74 Å². The van der Waals surface area contributed by atoms with E-state index in [1.807, 2.05) is 12.1 Å². The zero-order valence-electron chi connectivity index (χ0n) is 14.9. The fourth-order valence-corrected chi connectivity index (χ4v) is 3.26. The molecule has 9 heteroatoms. The summed E-state index contributed by atoms with van der Waals surface area (Å²) in [5.41, 5.74) is 3.10. The van der Waals surface area contributed by atoms with Crippen molar-refractivity contribution in [3.05, 3.63) is 42.1 Å². The van der Waals surface area contributed by atoms with Gasteiger partial charge in [0.2, 0.25) is 5.88 Å². The maximum Gasteiger partial charge on any atom is 0.406 e. The van der Waals surface area contributed by atoms with Crippen LogP contribution >= 0.6 is 0 Å². The number of aryl methyl sites for hydroxylation is 2. The Kier molecular flexibility index (Phi) is 3.83. The van der Waals surface area contributed by atoms with Crippen molar-refractivity contribution in [2.24, 2.45) is 0 Å². The van der Waals surface area contributed by atoms with Crippen molar-refractivity contribution in [3.8, 4) is 17.0 Å². The van der Waals surface area contributed by atoms with Gasteiger partial charge in [0.1, 0.15) is 23.7 Å².